The summed E-state index contributed by atoms with van der Waals surface area (Å²) in [6.45, 7) is 2.54. The molecule has 124 valence electrons. The van der Waals surface area contributed by atoms with Crippen LogP contribution in [0, 0.1) is 0 Å². The molecule has 2 rings (SSSR count). The molecule has 0 aromatic carbocycles. The van der Waals surface area contributed by atoms with Gasteiger partial charge < -0.3 is 10.2 Å². The van der Waals surface area contributed by atoms with Crippen LogP contribution in [-0.4, -0.2) is 34.8 Å². The van der Waals surface area contributed by atoms with E-state index in [9.17, 15) is 9.59 Å². The van der Waals surface area contributed by atoms with E-state index in [1.54, 1.807) is 6.20 Å². The highest BCUT2D eigenvalue weighted by atomic mass is 16.2. The lowest BCUT2D eigenvalue weighted by Gasteiger charge is -2.20. The summed E-state index contributed by atoms with van der Waals surface area (Å²) in [5, 5.41) is 2.91. The molecule has 0 aliphatic heterocycles. The second-order valence-electron chi connectivity index (χ2n) is 5.90. The number of hydrogen-bond acceptors (Lipinski definition) is 3. The van der Waals surface area contributed by atoms with Gasteiger partial charge in [0, 0.05) is 19.7 Å². The van der Waals surface area contributed by atoms with Gasteiger partial charge in [0.05, 0.1) is 18.8 Å². The maximum atomic E-state index is 12.0. The van der Waals surface area contributed by atoms with Crippen LogP contribution in [0.3, 0.4) is 0 Å². The van der Waals surface area contributed by atoms with Gasteiger partial charge in [0.2, 0.25) is 11.8 Å². The van der Waals surface area contributed by atoms with E-state index in [0.717, 1.165) is 25.0 Å². The average Bonchev–Trinajstić information content (AvgIpc) is 2.56. The van der Waals surface area contributed by atoms with Crippen molar-refractivity contribution in [1.82, 2.24) is 15.2 Å². The number of carbonyl (C=O) groups excluding carboxylic acids is 2. The quantitative estimate of drug-likeness (QED) is 0.786. The predicted octanol–water partition coefficient (Wildman–Crippen LogP) is 2.44. The first-order valence-corrected chi connectivity index (χ1v) is 8.25. The number of allylic oxidation sites excluding steroid dienone is 1. The Morgan fingerprint density at radius 2 is 2.17 bits per heavy atom. The van der Waals surface area contributed by atoms with Crippen molar-refractivity contribution in [3.63, 3.8) is 0 Å². The molecular weight excluding hydrogens is 290 g/mol. The van der Waals surface area contributed by atoms with Crippen molar-refractivity contribution in [2.24, 2.45) is 0 Å². The highest BCUT2D eigenvalue weighted by molar-refractivity contribution is 5.83. The van der Waals surface area contributed by atoms with Crippen molar-refractivity contribution in [1.29, 1.82) is 0 Å². The third-order valence-electron chi connectivity index (χ3n) is 4.01. The predicted molar refractivity (Wildman–Crippen MR) is 89.5 cm³/mol. The molecule has 1 N–H and O–H groups in total. The van der Waals surface area contributed by atoms with Crippen molar-refractivity contribution in [3.8, 4) is 0 Å². The Kier molecular flexibility index (Phi) is 6.78. The number of nitrogens with one attached hydrogen (secondary N) is 1. The average molecular weight is 315 g/mol. The zero-order chi connectivity index (χ0) is 16.5. The summed E-state index contributed by atoms with van der Waals surface area (Å²) < 4.78 is 0. The Morgan fingerprint density at radius 3 is 2.83 bits per heavy atom. The van der Waals surface area contributed by atoms with Gasteiger partial charge in [-0.3, -0.25) is 14.6 Å². The van der Waals surface area contributed by atoms with E-state index in [1.165, 1.54) is 30.2 Å². The maximum absolute atomic E-state index is 12.0. The van der Waals surface area contributed by atoms with Gasteiger partial charge in [0.1, 0.15) is 0 Å². The van der Waals surface area contributed by atoms with Crippen LogP contribution in [0.4, 0.5) is 0 Å². The van der Waals surface area contributed by atoms with Crippen molar-refractivity contribution < 1.29 is 9.59 Å². The molecule has 1 aromatic heterocycles. The Balaban J connectivity index is 1.76. The van der Waals surface area contributed by atoms with E-state index in [2.05, 4.69) is 16.4 Å². The largest absolute Gasteiger partial charge is 0.354 e. The van der Waals surface area contributed by atoms with Gasteiger partial charge in [-0.05, 0) is 44.2 Å². The molecule has 1 aliphatic rings. The van der Waals surface area contributed by atoms with Gasteiger partial charge in [0.15, 0.2) is 0 Å². The van der Waals surface area contributed by atoms with Crippen molar-refractivity contribution in [2.45, 2.75) is 45.6 Å². The van der Waals surface area contributed by atoms with E-state index in [-0.39, 0.29) is 18.4 Å². The van der Waals surface area contributed by atoms with Crippen LogP contribution in [0.5, 0.6) is 0 Å². The third kappa shape index (κ3) is 6.22. The van der Waals surface area contributed by atoms with Crippen molar-refractivity contribution in [2.75, 3.05) is 13.1 Å². The lowest BCUT2D eigenvalue weighted by molar-refractivity contribution is -0.134. The van der Waals surface area contributed by atoms with Gasteiger partial charge >= 0.3 is 0 Å². The fraction of sp³-hybridized carbons (Fsp3) is 0.500. The van der Waals surface area contributed by atoms with Crippen LogP contribution in [0.15, 0.2) is 36.0 Å². The Hall–Kier alpha value is -2.17. The molecule has 0 bridgehead atoms. The molecule has 1 heterocycles. The molecular formula is C18H25N3O2. The Morgan fingerprint density at radius 1 is 1.30 bits per heavy atom. The lowest BCUT2D eigenvalue weighted by atomic mass is 9.97. The first-order valence-electron chi connectivity index (χ1n) is 8.25. The number of carbonyl (C=O) groups is 2. The maximum Gasteiger partial charge on any atom is 0.239 e. The molecule has 23 heavy (non-hydrogen) atoms. The molecule has 0 unspecified atom stereocenters. The van der Waals surface area contributed by atoms with Crippen LogP contribution < -0.4 is 5.32 Å². The van der Waals surface area contributed by atoms with Gasteiger partial charge in [-0.25, -0.2) is 0 Å². The molecule has 0 fully saturated rings. The molecule has 0 atom stereocenters. The zero-order valence-electron chi connectivity index (χ0n) is 13.8. The Labute approximate surface area is 137 Å². The molecule has 1 aliphatic carbocycles. The number of amides is 2. The molecule has 5 heteroatoms. The summed E-state index contributed by atoms with van der Waals surface area (Å²) in [7, 11) is 0. The second kappa shape index (κ2) is 9.08. The van der Waals surface area contributed by atoms with Gasteiger partial charge in [-0.15, -0.1) is 0 Å². The van der Waals surface area contributed by atoms with Crippen LogP contribution >= 0.6 is 0 Å². The zero-order valence-corrected chi connectivity index (χ0v) is 13.8. The highest BCUT2D eigenvalue weighted by Gasteiger charge is 2.14. The molecule has 0 saturated carbocycles. The molecule has 0 saturated heterocycles. The van der Waals surface area contributed by atoms with E-state index in [4.69, 9.17) is 0 Å². The minimum atomic E-state index is -0.124. The summed E-state index contributed by atoms with van der Waals surface area (Å²) in [6, 6.07) is 5.55. The van der Waals surface area contributed by atoms with Crippen molar-refractivity contribution >= 4 is 11.8 Å². The van der Waals surface area contributed by atoms with E-state index in [1.807, 2.05) is 18.2 Å². The molecule has 0 radical (unpaired) electrons. The normalized spacial score (nSPS) is 14.0. The number of hydrogen-bond donors (Lipinski definition) is 1. The fourth-order valence-electron chi connectivity index (χ4n) is 2.69. The Bertz CT molecular complexity index is 555. The smallest absolute Gasteiger partial charge is 0.239 e. The first-order chi connectivity index (χ1) is 11.1. The number of pyridine rings is 1. The minimum absolute atomic E-state index is 0.0744. The van der Waals surface area contributed by atoms with E-state index < -0.39 is 0 Å². The van der Waals surface area contributed by atoms with Gasteiger partial charge in [-0.1, -0.05) is 17.7 Å². The van der Waals surface area contributed by atoms with Crippen LogP contribution in [0.2, 0.25) is 0 Å². The fourth-order valence-corrected chi connectivity index (χ4v) is 2.69. The topological polar surface area (TPSA) is 62.3 Å². The van der Waals surface area contributed by atoms with E-state index >= 15 is 0 Å². The number of nitrogens with zero attached hydrogens (tertiary/aromatic N) is 2. The third-order valence-corrected chi connectivity index (χ3v) is 4.01. The first kappa shape index (κ1) is 17.2. The monoisotopic (exact) mass is 315 g/mol. The van der Waals surface area contributed by atoms with Crippen LogP contribution in [-0.2, 0) is 16.1 Å². The van der Waals surface area contributed by atoms with Crippen LogP contribution in [0.1, 0.15) is 44.7 Å². The number of rotatable bonds is 7. The lowest BCUT2D eigenvalue weighted by Crippen LogP contribution is -2.39. The van der Waals surface area contributed by atoms with Crippen molar-refractivity contribution in [3.05, 3.63) is 41.7 Å². The molecule has 2 amide bonds. The highest BCUT2D eigenvalue weighted by Crippen LogP contribution is 2.19. The summed E-state index contributed by atoms with van der Waals surface area (Å²) in [5.74, 6) is -0.242. The SMILES string of the molecule is CC(=O)N(CC(=O)NCCC1=CCCCC1)Cc1ccccn1. The summed E-state index contributed by atoms with van der Waals surface area (Å²) in [5.41, 5.74) is 2.22. The summed E-state index contributed by atoms with van der Waals surface area (Å²) >= 11 is 0. The summed E-state index contributed by atoms with van der Waals surface area (Å²) in [4.78, 5) is 29.5. The molecule has 5 nitrogen and oxygen atoms in total. The standard InChI is InChI=1S/C18H25N3O2/c1-15(22)21(13-17-9-5-6-11-19-17)14-18(23)20-12-10-16-7-3-2-4-8-16/h5-7,9,11H,2-4,8,10,12-14H2,1H3,(H,20,23). The van der Waals surface area contributed by atoms with E-state index in [0.29, 0.717) is 13.1 Å². The second-order valence-corrected chi connectivity index (χ2v) is 5.90. The number of aromatic nitrogens is 1. The van der Waals surface area contributed by atoms with Gasteiger partial charge in [-0.2, -0.15) is 0 Å². The van der Waals surface area contributed by atoms with Gasteiger partial charge in [0.25, 0.3) is 0 Å². The molecule has 1 aromatic rings. The molecule has 0 spiro atoms. The van der Waals surface area contributed by atoms with Crippen LogP contribution in [0.25, 0.3) is 0 Å². The summed E-state index contributed by atoms with van der Waals surface area (Å²) in [6.07, 6.45) is 9.72. The minimum Gasteiger partial charge on any atom is -0.354 e.